The molecule has 1 aromatic rings. The predicted octanol–water partition coefficient (Wildman–Crippen LogP) is 1.48. The van der Waals surface area contributed by atoms with Crippen LogP contribution in [0.5, 0.6) is 0 Å². The fraction of sp³-hybridized carbons (Fsp3) is 0.688. The van der Waals surface area contributed by atoms with E-state index in [2.05, 4.69) is 27.5 Å². The Bertz CT molecular complexity index is 529. The van der Waals surface area contributed by atoms with E-state index < -0.39 is 0 Å². The Balaban J connectivity index is 1.69. The number of carbonyl (C=O) groups is 1. The van der Waals surface area contributed by atoms with E-state index in [4.69, 9.17) is 0 Å². The Morgan fingerprint density at radius 3 is 2.61 bits per heavy atom. The zero-order valence-corrected chi connectivity index (χ0v) is 15.1. The lowest BCUT2D eigenvalue weighted by molar-refractivity contribution is -0.130. The molecule has 0 spiro atoms. The first-order chi connectivity index (χ1) is 11.1. The van der Waals surface area contributed by atoms with Gasteiger partial charge in [0.2, 0.25) is 5.91 Å². The molecule has 7 heteroatoms. The first-order valence-corrected chi connectivity index (χ1v) is 9.07. The minimum atomic E-state index is 0.152. The van der Waals surface area contributed by atoms with Crippen molar-refractivity contribution in [1.29, 1.82) is 0 Å². The number of rotatable bonds is 5. The highest BCUT2D eigenvalue weighted by molar-refractivity contribution is 7.11. The number of aryl methyl sites for hydroxylation is 2. The van der Waals surface area contributed by atoms with E-state index in [1.54, 1.807) is 18.4 Å². The summed E-state index contributed by atoms with van der Waals surface area (Å²) in [6.07, 6.45) is 4.33. The molecular weight excluding hydrogens is 310 g/mol. The number of nitrogens with zero attached hydrogens (tertiary/aromatic N) is 3. The van der Waals surface area contributed by atoms with Gasteiger partial charge in [-0.15, -0.1) is 11.3 Å². The molecule has 0 aliphatic carbocycles. The van der Waals surface area contributed by atoms with Gasteiger partial charge in [0, 0.05) is 38.0 Å². The fourth-order valence-electron chi connectivity index (χ4n) is 2.57. The molecule has 0 aromatic carbocycles. The SMILES string of the molecule is CN=C(NCCc1nc(C)c(C)s1)NCC(=O)N1CCCCC1. The number of hydrogen-bond acceptors (Lipinski definition) is 4. The maximum atomic E-state index is 12.1. The second-order valence-electron chi connectivity index (χ2n) is 5.79. The topological polar surface area (TPSA) is 69.6 Å². The number of nitrogens with one attached hydrogen (secondary N) is 2. The third-order valence-electron chi connectivity index (χ3n) is 4.04. The number of hydrogen-bond donors (Lipinski definition) is 2. The monoisotopic (exact) mass is 337 g/mol. The van der Waals surface area contributed by atoms with Gasteiger partial charge >= 0.3 is 0 Å². The fourth-order valence-corrected chi connectivity index (χ4v) is 3.50. The molecule has 1 saturated heterocycles. The molecule has 0 unspecified atom stereocenters. The Kier molecular flexibility index (Phi) is 6.83. The van der Waals surface area contributed by atoms with Gasteiger partial charge in [0.05, 0.1) is 17.2 Å². The van der Waals surface area contributed by atoms with Crippen molar-refractivity contribution < 1.29 is 4.79 Å². The van der Waals surface area contributed by atoms with Crippen molar-refractivity contribution in [2.24, 2.45) is 4.99 Å². The summed E-state index contributed by atoms with van der Waals surface area (Å²) in [6, 6.07) is 0. The maximum Gasteiger partial charge on any atom is 0.241 e. The van der Waals surface area contributed by atoms with E-state index in [9.17, 15) is 4.79 Å². The van der Waals surface area contributed by atoms with E-state index >= 15 is 0 Å². The maximum absolute atomic E-state index is 12.1. The Hall–Kier alpha value is -1.63. The van der Waals surface area contributed by atoms with Crippen LogP contribution in [0.15, 0.2) is 4.99 Å². The molecule has 1 aromatic heterocycles. The van der Waals surface area contributed by atoms with Crippen LogP contribution in [0.4, 0.5) is 0 Å². The van der Waals surface area contributed by atoms with Crippen LogP contribution in [0, 0.1) is 13.8 Å². The van der Waals surface area contributed by atoms with Gasteiger partial charge < -0.3 is 15.5 Å². The number of likely N-dealkylation sites (tertiary alicyclic amines) is 1. The second-order valence-corrected chi connectivity index (χ2v) is 7.08. The standard InChI is InChI=1S/C16H27N5OS/c1-12-13(2)23-14(20-12)7-8-18-16(17-3)19-11-15(22)21-9-5-4-6-10-21/h4-11H2,1-3H3,(H2,17,18,19). The summed E-state index contributed by atoms with van der Waals surface area (Å²) in [5.41, 5.74) is 1.11. The molecule has 2 N–H and O–H groups in total. The summed E-state index contributed by atoms with van der Waals surface area (Å²) in [4.78, 5) is 24.0. The summed E-state index contributed by atoms with van der Waals surface area (Å²) in [5.74, 6) is 0.819. The van der Waals surface area contributed by atoms with Gasteiger partial charge in [-0.2, -0.15) is 0 Å². The van der Waals surface area contributed by atoms with Crippen LogP contribution in [-0.2, 0) is 11.2 Å². The van der Waals surface area contributed by atoms with Crippen LogP contribution in [0.1, 0.15) is 34.8 Å². The second kappa shape index (κ2) is 8.86. The first kappa shape index (κ1) is 17.7. The average Bonchev–Trinajstić information content (AvgIpc) is 2.89. The van der Waals surface area contributed by atoms with Gasteiger partial charge in [0.1, 0.15) is 0 Å². The Morgan fingerprint density at radius 1 is 1.26 bits per heavy atom. The van der Waals surface area contributed by atoms with Crippen LogP contribution in [0.2, 0.25) is 0 Å². The molecule has 2 heterocycles. The summed E-state index contributed by atoms with van der Waals surface area (Å²) in [5, 5.41) is 7.47. The minimum absolute atomic E-state index is 0.152. The summed E-state index contributed by atoms with van der Waals surface area (Å²) < 4.78 is 0. The average molecular weight is 337 g/mol. The highest BCUT2D eigenvalue weighted by atomic mass is 32.1. The van der Waals surface area contributed by atoms with Crippen LogP contribution in [0.25, 0.3) is 0 Å². The normalized spacial score (nSPS) is 15.6. The van der Waals surface area contributed by atoms with E-state index in [1.807, 2.05) is 11.8 Å². The van der Waals surface area contributed by atoms with E-state index in [0.717, 1.165) is 49.6 Å². The summed E-state index contributed by atoms with van der Waals surface area (Å²) >= 11 is 1.74. The zero-order chi connectivity index (χ0) is 16.7. The quantitative estimate of drug-likeness (QED) is 0.631. The molecule has 1 amide bonds. The lowest BCUT2D eigenvalue weighted by Crippen LogP contribution is -2.46. The zero-order valence-electron chi connectivity index (χ0n) is 14.3. The molecule has 23 heavy (non-hydrogen) atoms. The molecule has 0 atom stereocenters. The molecule has 0 radical (unpaired) electrons. The lowest BCUT2D eigenvalue weighted by Gasteiger charge is -2.27. The van der Waals surface area contributed by atoms with Crippen molar-refractivity contribution >= 4 is 23.2 Å². The number of thiazole rings is 1. The molecule has 1 aliphatic heterocycles. The molecular formula is C16H27N5OS. The van der Waals surface area contributed by atoms with Gasteiger partial charge in [0.25, 0.3) is 0 Å². The van der Waals surface area contributed by atoms with Crippen molar-refractivity contribution in [2.75, 3.05) is 33.2 Å². The minimum Gasteiger partial charge on any atom is -0.356 e. The number of guanidine groups is 1. The van der Waals surface area contributed by atoms with Crippen LogP contribution in [0.3, 0.4) is 0 Å². The Morgan fingerprint density at radius 2 is 2.00 bits per heavy atom. The van der Waals surface area contributed by atoms with Gasteiger partial charge in [-0.3, -0.25) is 9.79 Å². The van der Waals surface area contributed by atoms with Gasteiger partial charge in [-0.1, -0.05) is 0 Å². The molecule has 6 nitrogen and oxygen atoms in total. The smallest absolute Gasteiger partial charge is 0.241 e. The van der Waals surface area contributed by atoms with Crippen LogP contribution in [-0.4, -0.2) is 55.0 Å². The van der Waals surface area contributed by atoms with Crippen LogP contribution >= 0.6 is 11.3 Å². The molecule has 0 bridgehead atoms. The third kappa shape index (κ3) is 5.49. The van der Waals surface area contributed by atoms with E-state index in [1.165, 1.54) is 11.3 Å². The largest absolute Gasteiger partial charge is 0.356 e. The van der Waals surface area contributed by atoms with E-state index in [-0.39, 0.29) is 5.91 Å². The number of amides is 1. The summed E-state index contributed by atoms with van der Waals surface area (Å²) in [7, 11) is 1.72. The van der Waals surface area contributed by atoms with Crippen LogP contribution < -0.4 is 10.6 Å². The first-order valence-electron chi connectivity index (χ1n) is 8.25. The summed E-state index contributed by atoms with van der Waals surface area (Å²) in [6.45, 7) is 6.95. The molecule has 1 aliphatic rings. The van der Waals surface area contributed by atoms with Crippen molar-refractivity contribution in [3.05, 3.63) is 15.6 Å². The lowest BCUT2D eigenvalue weighted by atomic mass is 10.1. The van der Waals surface area contributed by atoms with Crippen molar-refractivity contribution in [3.63, 3.8) is 0 Å². The van der Waals surface area contributed by atoms with Gasteiger partial charge in [0.15, 0.2) is 5.96 Å². The van der Waals surface area contributed by atoms with Crippen molar-refractivity contribution in [2.45, 2.75) is 39.5 Å². The number of carbonyl (C=O) groups excluding carboxylic acids is 1. The van der Waals surface area contributed by atoms with Gasteiger partial charge in [-0.25, -0.2) is 4.98 Å². The van der Waals surface area contributed by atoms with Crippen molar-refractivity contribution in [1.82, 2.24) is 20.5 Å². The third-order valence-corrected chi connectivity index (χ3v) is 5.18. The predicted molar refractivity (Wildman–Crippen MR) is 95.1 cm³/mol. The van der Waals surface area contributed by atoms with E-state index in [0.29, 0.717) is 12.5 Å². The molecule has 2 rings (SSSR count). The number of aromatic nitrogens is 1. The molecule has 128 valence electrons. The van der Waals surface area contributed by atoms with Gasteiger partial charge in [-0.05, 0) is 33.1 Å². The number of aliphatic imine (C=N–C) groups is 1. The number of piperidine rings is 1. The highest BCUT2D eigenvalue weighted by Gasteiger charge is 2.16. The Labute approximate surface area is 142 Å². The molecule has 1 fully saturated rings. The highest BCUT2D eigenvalue weighted by Crippen LogP contribution is 2.16. The van der Waals surface area contributed by atoms with Crippen molar-refractivity contribution in [3.8, 4) is 0 Å². The molecule has 0 saturated carbocycles.